The minimum Gasteiger partial charge on any atom is -0.481 e. The van der Waals surface area contributed by atoms with Gasteiger partial charge in [0, 0.05) is 31.7 Å². The van der Waals surface area contributed by atoms with Gasteiger partial charge in [-0.2, -0.15) is 0 Å². The lowest BCUT2D eigenvalue weighted by Gasteiger charge is -2.43. The zero-order valence-electron chi connectivity index (χ0n) is 24.4. The van der Waals surface area contributed by atoms with Gasteiger partial charge in [-0.15, -0.1) is 0 Å². The summed E-state index contributed by atoms with van der Waals surface area (Å²) in [5.74, 6) is -0.686. The largest absolute Gasteiger partial charge is 0.481 e. The number of carbonyl (C=O) groups excluding carboxylic acids is 1. The molecule has 1 spiro atoms. The van der Waals surface area contributed by atoms with Gasteiger partial charge in [-0.1, -0.05) is 60.7 Å². The van der Waals surface area contributed by atoms with Gasteiger partial charge in [0.25, 0.3) is 5.91 Å². The van der Waals surface area contributed by atoms with Crippen LogP contribution in [-0.2, 0) is 16.1 Å². The summed E-state index contributed by atoms with van der Waals surface area (Å²) in [6.07, 6.45) is 3.45. The number of aromatic nitrogens is 2. The normalized spacial score (nSPS) is 17.6. The van der Waals surface area contributed by atoms with Crippen LogP contribution in [0.15, 0.2) is 89.7 Å². The van der Waals surface area contributed by atoms with Gasteiger partial charge in [0.05, 0.1) is 23.7 Å². The first-order valence-electron chi connectivity index (χ1n) is 15.3. The number of likely N-dealkylation sites (tertiary alicyclic amines) is 1. The van der Waals surface area contributed by atoms with Gasteiger partial charge >= 0.3 is 11.7 Å². The number of benzene rings is 3. The molecule has 4 aromatic rings. The average Bonchev–Trinajstić information content (AvgIpc) is 3.50. The molecule has 0 saturated carbocycles. The highest BCUT2D eigenvalue weighted by molar-refractivity contribution is 5.94. The third-order valence-electron chi connectivity index (χ3n) is 9.19. The van der Waals surface area contributed by atoms with Crippen LogP contribution in [0.25, 0.3) is 11.0 Å². The maximum absolute atomic E-state index is 14.5. The number of carboxylic acids is 1. The van der Waals surface area contributed by atoms with E-state index < -0.39 is 11.5 Å². The lowest BCUT2D eigenvalue weighted by molar-refractivity contribution is -0.137. The Hall–Kier alpha value is -4.37. The molecule has 0 aliphatic carbocycles. The predicted molar refractivity (Wildman–Crippen MR) is 167 cm³/mol. The molecule has 2 fully saturated rings. The third-order valence-corrected chi connectivity index (χ3v) is 9.19. The number of nitrogens with one attached hydrogen (secondary N) is 1. The lowest BCUT2D eigenvalue weighted by atomic mass is 9.85. The Morgan fingerprint density at radius 2 is 1.53 bits per heavy atom. The Labute approximate surface area is 251 Å². The number of aliphatic carboxylic acids is 1. The van der Waals surface area contributed by atoms with Crippen LogP contribution in [-0.4, -0.2) is 68.2 Å². The number of para-hydroxylation sites is 3. The van der Waals surface area contributed by atoms with Crippen molar-refractivity contribution in [1.82, 2.24) is 19.4 Å². The summed E-state index contributed by atoms with van der Waals surface area (Å²) in [6.45, 7) is 3.55. The topological polar surface area (TPSA) is 102 Å². The van der Waals surface area contributed by atoms with E-state index in [9.17, 15) is 19.5 Å². The van der Waals surface area contributed by atoms with E-state index in [1.54, 1.807) is 0 Å². The molecule has 9 heteroatoms. The number of carboxylic acid groups (broad SMARTS) is 1. The first-order chi connectivity index (χ1) is 21.0. The maximum atomic E-state index is 14.5. The predicted octanol–water partition coefficient (Wildman–Crippen LogP) is 4.86. The van der Waals surface area contributed by atoms with E-state index in [2.05, 4.69) is 26.9 Å². The van der Waals surface area contributed by atoms with Gasteiger partial charge in [-0.3, -0.25) is 14.2 Å². The molecule has 2 aliphatic rings. The molecule has 2 N–H and O–H groups in total. The number of nitrogens with zero attached hydrogens (tertiary/aromatic N) is 4. The van der Waals surface area contributed by atoms with Crippen molar-refractivity contribution in [3.63, 3.8) is 0 Å². The molecule has 2 aliphatic heterocycles. The van der Waals surface area contributed by atoms with E-state index >= 15 is 0 Å². The number of rotatable bonds is 11. The summed E-state index contributed by atoms with van der Waals surface area (Å²) in [6, 6.07) is 27.8. The van der Waals surface area contributed by atoms with Crippen LogP contribution in [0.5, 0.6) is 0 Å². The fourth-order valence-electron chi connectivity index (χ4n) is 6.95. The molecule has 224 valence electrons. The van der Waals surface area contributed by atoms with Crippen molar-refractivity contribution >= 4 is 28.6 Å². The molecule has 3 aromatic carbocycles. The van der Waals surface area contributed by atoms with Crippen molar-refractivity contribution in [2.75, 3.05) is 31.2 Å². The van der Waals surface area contributed by atoms with Crippen LogP contribution >= 0.6 is 0 Å². The minimum atomic E-state index is -0.816. The van der Waals surface area contributed by atoms with Gasteiger partial charge in [0.15, 0.2) is 0 Å². The van der Waals surface area contributed by atoms with Gasteiger partial charge in [-0.25, -0.2) is 4.79 Å². The summed E-state index contributed by atoms with van der Waals surface area (Å²) in [5, 5.41) is 9.29. The second kappa shape index (κ2) is 12.5. The van der Waals surface area contributed by atoms with Crippen LogP contribution in [0.4, 0.5) is 5.69 Å². The number of piperidine rings is 1. The molecule has 3 heterocycles. The molecule has 0 radical (unpaired) electrons. The number of anilines is 1. The monoisotopic (exact) mass is 581 g/mol. The molecule has 0 bridgehead atoms. The fourth-order valence-corrected chi connectivity index (χ4v) is 6.95. The van der Waals surface area contributed by atoms with Gasteiger partial charge in [0.2, 0.25) is 0 Å². The van der Waals surface area contributed by atoms with Crippen LogP contribution < -0.4 is 10.6 Å². The van der Waals surface area contributed by atoms with Crippen molar-refractivity contribution in [3.8, 4) is 0 Å². The number of amides is 1. The molecule has 6 rings (SSSR count). The van der Waals surface area contributed by atoms with Gasteiger partial charge in [0.1, 0.15) is 5.54 Å². The number of fused-ring (bicyclic) bond motifs is 1. The van der Waals surface area contributed by atoms with E-state index in [0.717, 1.165) is 48.3 Å². The molecule has 2 saturated heterocycles. The standard InChI is InChI=1S/C34H39N5O4/c40-31(41)18-9-17-29(26-11-3-1-4-12-26)38-25-39(27-13-5-2-6-14-27)34(32(38)42)19-23-36(24-20-34)21-10-22-37-30-16-8-7-15-28(30)35-33(37)43/h1-8,11-16,29H,9-10,17-25H2,(H,35,43)(H,40,41). The molecular weight excluding hydrogens is 542 g/mol. The molecule has 1 atom stereocenters. The number of carbonyl (C=O) groups is 2. The second-order valence-electron chi connectivity index (χ2n) is 11.7. The number of hydrogen-bond donors (Lipinski definition) is 2. The first kappa shape index (κ1) is 28.7. The molecule has 1 aromatic heterocycles. The molecule has 9 nitrogen and oxygen atoms in total. The van der Waals surface area contributed by atoms with Crippen LogP contribution in [0.1, 0.15) is 50.1 Å². The van der Waals surface area contributed by atoms with E-state index in [-0.39, 0.29) is 24.1 Å². The zero-order valence-corrected chi connectivity index (χ0v) is 24.4. The molecule has 1 unspecified atom stereocenters. The summed E-state index contributed by atoms with van der Waals surface area (Å²) >= 11 is 0. The Morgan fingerprint density at radius 1 is 0.860 bits per heavy atom. The Balaban J connectivity index is 1.19. The van der Waals surface area contributed by atoms with E-state index in [1.165, 1.54) is 0 Å². The molecule has 43 heavy (non-hydrogen) atoms. The van der Waals surface area contributed by atoms with Crippen molar-refractivity contribution in [2.24, 2.45) is 0 Å². The van der Waals surface area contributed by atoms with Crippen LogP contribution in [0.2, 0.25) is 0 Å². The van der Waals surface area contributed by atoms with E-state index in [4.69, 9.17) is 0 Å². The smallest absolute Gasteiger partial charge is 0.326 e. The zero-order chi connectivity index (χ0) is 29.8. The van der Waals surface area contributed by atoms with Crippen molar-refractivity contribution in [1.29, 1.82) is 0 Å². The molecule has 1 amide bonds. The summed E-state index contributed by atoms with van der Waals surface area (Å²) in [7, 11) is 0. The average molecular weight is 582 g/mol. The third kappa shape index (κ3) is 5.82. The summed E-state index contributed by atoms with van der Waals surface area (Å²) in [4.78, 5) is 48.0. The number of hydrogen-bond acceptors (Lipinski definition) is 5. The SMILES string of the molecule is O=C(O)CCCC(c1ccccc1)N1CN(c2ccccc2)C2(CCN(CCCn3c(=O)[nH]c4ccccc43)CC2)C1=O. The highest BCUT2D eigenvalue weighted by Gasteiger charge is 2.55. The van der Waals surface area contributed by atoms with E-state index in [1.807, 2.05) is 82.3 Å². The minimum absolute atomic E-state index is 0.0785. The number of H-pyrrole nitrogens is 1. The highest BCUT2D eigenvalue weighted by atomic mass is 16.4. The van der Waals surface area contributed by atoms with Crippen molar-refractivity contribution in [2.45, 2.75) is 56.7 Å². The molecular formula is C34H39N5O4. The number of aromatic amines is 1. The van der Waals surface area contributed by atoms with Gasteiger partial charge in [-0.05, 0) is 68.5 Å². The second-order valence-corrected chi connectivity index (χ2v) is 11.7. The summed E-state index contributed by atoms with van der Waals surface area (Å²) in [5.41, 5.74) is 3.13. The van der Waals surface area contributed by atoms with Gasteiger partial charge < -0.3 is 24.8 Å². The Morgan fingerprint density at radius 3 is 2.26 bits per heavy atom. The number of aryl methyl sites for hydroxylation is 1. The maximum Gasteiger partial charge on any atom is 0.326 e. The van der Waals surface area contributed by atoms with Crippen LogP contribution in [0.3, 0.4) is 0 Å². The Bertz CT molecular complexity index is 1610. The lowest BCUT2D eigenvalue weighted by Crippen LogP contribution is -2.56. The quantitative estimate of drug-likeness (QED) is 0.263. The van der Waals surface area contributed by atoms with Crippen LogP contribution in [0, 0.1) is 0 Å². The van der Waals surface area contributed by atoms with E-state index in [0.29, 0.717) is 38.9 Å². The number of imidazole rings is 1. The highest BCUT2D eigenvalue weighted by Crippen LogP contribution is 2.43. The fraction of sp³-hybridized carbons (Fsp3) is 0.382. The summed E-state index contributed by atoms with van der Waals surface area (Å²) < 4.78 is 1.81. The first-order valence-corrected chi connectivity index (χ1v) is 15.3. The van der Waals surface area contributed by atoms with Crippen molar-refractivity contribution < 1.29 is 14.7 Å². The Kier molecular flexibility index (Phi) is 8.33. The van der Waals surface area contributed by atoms with Crippen molar-refractivity contribution in [3.05, 3.63) is 101 Å².